The van der Waals surface area contributed by atoms with E-state index in [2.05, 4.69) is 10.00 Å². The van der Waals surface area contributed by atoms with Gasteiger partial charge in [0, 0.05) is 31.4 Å². The molecule has 0 aromatic carbocycles. The van der Waals surface area contributed by atoms with E-state index in [0.717, 1.165) is 31.6 Å². The third-order valence-corrected chi connectivity index (χ3v) is 3.40. The second-order valence-electron chi connectivity index (χ2n) is 4.78. The predicted molar refractivity (Wildman–Crippen MR) is 63.6 cm³/mol. The highest BCUT2D eigenvalue weighted by Crippen LogP contribution is 2.23. The minimum Gasteiger partial charge on any atom is -0.481 e. The van der Waals surface area contributed by atoms with Crippen LogP contribution in [0.4, 0.5) is 0 Å². The van der Waals surface area contributed by atoms with Crippen LogP contribution in [0.2, 0.25) is 0 Å². The Labute approximate surface area is 101 Å². The van der Waals surface area contributed by atoms with Gasteiger partial charge in [0.1, 0.15) is 0 Å². The number of carbonyl (C=O) groups is 1. The lowest BCUT2D eigenvalue weighted by Crippen LogP contribution is -2.30. The average Bonchev–Trinajstić information content (AvgIpc) is 2.75. The molecule has 2 rings (SSSR count). The fraction of sp³-hybridized carbons (Fsp3) is 0.667. The number of carboxylic acids is 1. The molecule has 1 aromatic heterocycles. The van der Waals surface area contributed by atoms with E-state index in [1.165, 1.54) is 5.56 Å². The van der Waals surface area contributed by atoms with Gasteiger partial charge < -0.3 is 5.11 Å². The summed E-state index contributed by atoms with van der Waals surface area (Å²) in [6.07, 6.45) is 4.35. The van der Waals surface area contributed by atoms with Crippen molar-refractivity contribution in [3.05, 3.63) is 17.5 Å². The molecule has 1 aliphatic rings. The lowest BCUT2D eigenvalue weighted by atomic mass is 10.1. The van der Waals surface area contributed by atoms with Crippen molar-refractivity contribution < 1.29 is 9.90 Å². The van der Waals surface area contributed by atoms with Gasteiger partial charge in [-0.25, -0.2) is 0 Å². The van der Waals surface area contributed by atoms with E-state index in [1.54, 1.807) is 0 Å². The van der Waals surface area contributed by atoms with Crippen molar-refractivity contribution in [2.75, 3.05) is 6.54 Å². The number of aromatic nitrogens is 2. The summed E-state index contributed by atoms with van der Waals surface area (Å²) in [7, 11) is 1.91. The van der Waals surface area contributed by atoms with Crippen LogP contribution in [0.15, 0.2) is 6.20 Å². The highest BCUT2D eigenvalue weighted by atomic mass is 16.4. The summed E-state index contributed by atoms with van der Waals surface area (Å²) in [6.45, 7) is 3.81. The molecule has 5 heteroatoms. The normalized spacial score (nSPS) is 20.9. The number of hydrogen-bond acceptors (Lipinski definition) is 3. The molecule has 0 bridgehead atoms. The molecular weight excluding hydrogens is 218 g/mol. The third-order valence-electron chi connectivity index (χ3n) is 3.40. The smallest absolute Gasteiger partial charge is 0.304 e. The molecule has 0 aliphatic carbocycles. The fourth-order valence-corrected chi connectivity index (χ4v) is 2.56. The summed E-state index contributed by atoms with van der Waals surface area (Å²) in [5.41, 5.74) is 2.23. The van der Waals surface area contributed by atoms with Crippen LogP contribution < -0.4 is 0 Å². The fourth-order valence-electron chi connectivity index (χ4n) is 2.56. The van der Waals surface area contributed by atoms with Gasteiger partial charge in [0.15, 0.2) is 0 Å². The van der Waals surface area contributed by atoms with E-state index in [0.29, 0.717) is 0 Å². The zero-order chi connectivity index (χ0) is 12.4. The highest BCUT2D eigenvalue weighted by molar-refractivity contribution is 5.67. The molecule has 0 radical (unpaired) electrons. The number of nitrogens with zero attached hydrogens (tertiary/aromatic N) is 3. The van der Waals surface area contributed by atoms with Gasteiger partial charge in [0.2, 0.25) is 0 Å². The van der Waals surface area contributed by atoms with Crippen LogP contribution >= 0.6 is 0 Å². The van der Waals surface area contributed by atoms with Crippen molar-refractivity contribution in [2.45, 2.75) is 38.8 Å². The van der Waals surface area contributed by atoms with Gasteiger partial charge in [-0.3, -0.25) is 14.4 Å². The molecule has 1 saturated heterocycles. The summed E-state index contributed by atoms with van der Waals surface area (Å²) >= 11 is 0. The van der Waals surface area contributed by atoms with E-state index >= 15 is 0 Å². The standard InChI is InChI=1S/C12H19N3O2/c1-9-10(7-14(2)13-9)8-15-5-3-4-11(15)6-12(16)17/h7,11H,3-6,8H2,1-2H3,(H,16,17). The van der Waals surface area contributed by atoms with Crippen LogP contribution in [0.25, 0.3) is 0 Å². The molecule has 1 aromatic rings. The number of aliphatic carboxylic acids is 1. The Kier molecular flexibility index (Phi) is 3.47. The predicted octanol–water partition coefficient (Wildman–Crippen LogP) is 1.17. The monoisotopic (exact) mass is 237 g/mol. The van der Waals surface area contributed by atoms with Gasteiger partial charge in [-0.15, -0.1) is 0 Å². The Morgan fingerprint density at radius 3 is 3.00 bits per heavy atom. The molecule has 1 N–H and O–H groups in total. The second kappa shape index (κ2) is 4.87. The number of likely N-dealkylation sites (tertiary alicyclic amines) is 1. The van der Waals surface area contributed by atoms with Crippen molar-refractivity contribution in [2.24, 2.45) is 7.05 Å². The molecular formula is C12H19N3O2. The van der Waals surface area contributed by atoms with E-state index in [1.807, 2.05) is 24.9 Å². The Hall–Kier alpha value is -1.36. The van der Waals surface area contributed by atoms with Crippen LogP contribution in [0.3, 0.4) is 0 Å². The molecule has 94 valence electrons. The Bertz CT molecular complexity index is 414. The summed E-state index contributed by atoms with van der Waals surface area (Å²) in [4.78, 5) is 13.0. The van der Waals surface area contributed by atoms with Crippen LogP contribution in [0.5, 0.6) is 0 Å². The maximum Gasteiger partial charge on any atom is 0.304 e. The molecule has 0 spiro atoms. The Morgan fingerprint density at radius 2 is 2.41 bits per heavy atom. The molecule has 1 fully saturated rings. The molecule has 1 aliphatic heterocycles. The molecule has 1 atom stereocenters. The van der Waals surface area contributed by atoms with E-state index in [4.69, 9.17) is 5.11 Å². The van der Waals surface area contributed by atoms with Crippen molar-refractivity contribution in [3.63, 3.8) is 0 Å². The van der Waals surface area contributed by atoms with Crippen LogP contribution in [-0.2, 0) is 18.4 Å². The maximum atomic E-state index is 10.8. The number of rotatable bonds is 4. The highest BCUT2D eigenvalue weighted by Gasteiger charge is 2.27. The molecule has 0 amide bonds. The van der Waals surface area contributed by atoms with Crippen LogP contribution in [0.1, 0.15) is 30.5 Å². The van der Waals surface area contributed by atoms with Gasteiger partial charge in [-0.2, -0.15) is 5.10 Å². The lowest BCUT2D eigenvalue weighted by Gasteiger charge is -2.22. The quantitative estimate of drug-likeness (QED) is 0.854. The van der Waals surface area contributed by atoms with Gasteiger partial charge in [-0.1, -0.05) is 0 Å². The molecule has 0 saturated carbocycles. The van der Waals surface area contributed by atoms with E-state index in [-0.39, 0.29) is 12.5 Å². The van der Waals surface area contributed by atoms with Gasteiger partial charge in [-0.05, 0) is 26.3 Å². The Morgan fingerprint density at radius 1 is 1.65 bits per heavy atom. The minimum absolute atomic E-state index is 0.187. The largest absolute Gasteiger partial charge is 0.481 e. The van der Waals surface area contributed by atoms with Crippen molar-refractivity contribution in [1.29, 1.82) is 0 Å². The minimum atomic E-state index is -0.704. The SMILES string of the molecule is Cc1nn(C)cc1CN1CCCC1CC(=O)O. The summed E-state index contributed by atoms with van der Waals surface area (Å²) < 4.78 is 1.81. The first-order chi connectivity index (χ1) is 8.06. The maximum absolute atomic E-state index is 10.8. The average molecular weight is 237 g/mol. The number of hydrogen-bond donors (Lipinski definition) is 1. The first-order valence-electron chi connectivity index (χ1n) is 6.01. The van der Waals surface area contributed by atoms with Gasteiger partial charge >= 0.3 is 5.97 Å². The third kappa shape index (κ3) is 2.85. The second-order valence-corrected chi connectivity index (χ2v) is 4.78. The zero-order valence-corrected chi connectivity index (χ0v) is 10.4. The number of aryl methyl sites for hydroxylation is 2. The van der Waals surface area contributed by atoms with Crippen molar-refractivity contribution in [3.8, 4) is 0 Å². The first-order valence-corrected chi connectivity index (χ1v) is 6.01. The van der Waals surface area contributed by atoms with Crippen molar-refractivity contribution >= 4 is 5.97 Å². The van der Waals surface area contributed by atoms with E-state index < -0.39 is 5.97 Å². The molecule has 17 heavy (non-hydrogen) atoms. The topological polar surface area (TPSA) is 58.4 Å². The summed E-state index contributed by atoms with van der Waals surface area (Å²) in [6, 6.07) is 0.187. The summed E-state index contributed by atoms with van der Waals surface area (Å²) in [5.74, 6) is -0.704. The van der Waals surface area contributed by atoms with E-state index in [9.17, 15) is 4.79 Å². The van der Waals surface area contributed by atoms with Crippen molar-refractivity contribution in [1.82, 2.24) is 14.7 Å². The number of carboxylic acid groups (broad SMARTS) is 1. The zero-order valence-electron chi connectivity index (χ0n) is 10.4. The van der Waals surface area contributed by atoms with Crippen LogP contribution in [0, 0.1) is 6.92 Å². The Balaban J connectivity index is 2.02. The molecule has 5 nitrogen and oxygen atoms in total. The summed E-state index contributed by atoms with van der Waals surface area (Å²) in [5, 5.41) is 13.2. The lowest BCUT2D eigenvalue weighted by molar-refractivity contribution is -0.138. The molecule has 1 unspecified atom stereocenters. The molecule has 2 heterocycles. The van der Waals surface area contributed by atoms with Gasteiger partial charge in [0.25, 0.3) is 0 Å². The van der Waals surface area contributed by atoms with Gasteiger partial charge in [0.05, 0.1) is 12.1 Å². The first kappa shape index (κ1) is 12.1. The van der Waals surface area contributed by atoms with Crippen LogP contribution in [-0.4, -0.2) is 38.3 Å².